The van der Waals surface area contributed by atoms with Gasteiger partial charge in [0.25, 0.3) is 0 Å². The Morgan fingerprint density at radius 3 is 2.79 bits per heavy atom. The van der Waals surface area contributed by atoms with Crippen LogP contribution in [-0.4, -0.2) is 6.54 Å². The summed E-state index contributed by atoms with van der Waals surface area (Å²) in [5.74, 6) is 1.76. The molecule has 1 nitrogen and oxygen atoms in total. The van der Waals surface area contributed by atoms with Crippen molar-refractivity contribution in [2.75, 3.05) is 6.54 Å². The number of nitrogens with one attached hydrogen (secondary N) is 1. The van der Waals surface area contributed by atoms with Crippen molar-refractivity contribution in [3.8, 4) is 0 Å². The lowest BCUT2D eigenvalue weighted by Crippen LogP contribution is -2.31. The van der Waals surface area contributed by atoms with Crippen LogP contribution < -0.4 is 5.32 Å². The first-order valence-electron chi connectivity index (χ1n) is 8.06. The van der Waals surface area contributed by atoms with Crippen LogP contribution in [0.4, 0.5) is 0 Å². The molecule has 3 atom stereocenters. The Balaban J connectivity index is 2.09. The minimum Gasteiger partial charge on any atom is -0.309 e. The maximum absolute atomic E-state index is 3.82. The van der Waals surface area contributed by atoms with Gasteiger partial charge in [0.1, 0.15) is 0 Å². The van der Waals surface area contributed by atoms with Crippen molar-refractivity contribution < 1.29 is 0 Å². The molecule has 0 saturated heterocycles. The third-order valence-electron chi connectivity index (χ3n) is 4.40. The Morgan fingerprint density at radius 1 is 1.32 bits per heavy atom. The lowest BCUT2D eigenvalue weighted by molar-refractivity contribution is 0.226. The largest absolute Gasteiger partial charge is 0.309 e. The molecule has 0 aromatic carbocycles. The van der Waals surface area contributed by atoms with Crippen LogP contribution in [0.5, 0.6) is 0 Å². The zero-order valence-electron chi connectivity index (χ0n) is 12.7. The molecule has 3 unspecified atom stereocenters. The monoisotopic (exact) mass is 279 g/mol. The predicted octanol–water partition coefficient (Wildman–Crippen LogP) is 5.18. The van der Waals surface area contributed by atoms with E-state index in [4.69, 9.17) is 0 Å². The van der Waals surface area contributed by atoms with Crippen molar-refractivity contribution in [1.29, 1.82) is 0 Å². The maximum atomic E-state index is 3.82. The smallest absolute Gasteiger partial charge is 0.0443 e. The summed E-state index contributed by atoms with van der Waals surface area (Å²) in [5, 5.41) is 3.82. The summed E-state index contributed by atoms with van der Waals surface area (Å²) in [6.45, 7) is 8.09. The molecular weight excluding hydrogens is 250 g/mol. The molecule has 0 spiro atoms. The summed E-state index contributed by atoms with van der Waals surface area (Å²) in [7, 11) is 0. The van der Waals surface area contributed by atoms with E-state index in [9.17, 15) is 0 Å². The van der Waals surface area contributed by atoms with E-state index in [0.717, 1.165) is 18.4 Å². The average Bonchev–Trinajstić information content (AvgIpc) is 2.88. The standard InChI is InChI=1S/C17H29NS/c1-4-11-18-17(14-8-6-7-13(3)12-14)16-10-9-15(5-2)19-16/h9-10,13-14,17-18H,4-8,11-12H2,1-3H3. The van der Waals surface area contributed by atoms with Crippen molar-refractivity contribution in [3.05, 3.63) is 21.9 Å². The zero-order valence-corrected chi connectivity index (χ0v) is 13.6. The molecule has 1 aliphatic rings. The first-order chi connectivity index (χ1) is 9.24. The molecule has 1 N–H and O–H groups in total. The van der Waals surface area contributed by atoms with E-state index in [1.807, 2.05) is 11.3 Å². The van der Waals surface area contributed by atoms with Gasteiger partial charge in [0.2, 0.25) is 0 Å². The predicted molar refractivity (Wildman–Crippen MR) is 85.9 cm³/mol. The van der Waals surface area contributed by atoms with Crippen LogP contribution in [0.2, 0.25) is 0 Å². The Kier molecular flexibility index (Phi) is 5.90. The van der Waals surface area contributed by atoms with Gasteiger partial charge in [0, 0.05) is 15.8 Å². The van der Waals surface area contributed by atoms with Crippen LogP contribution in [0.1, 0.15) is 68.7 Å². The molecule has 0 radical (unpaired) electrons. The lowest BCUT2D eigenvalue weighted by Gasteiger charge is -2.33. The third kappa shape index (κ3) is 4.06. The van der Waals surface area contributed by atoms with Crippen LogP contribution in [0.15, 0.2) is 12.1 Å². The Labute approximate surface area is 122 Å². The van der Waals surface area contributed by atoms with Crippen molar-refractivity contribution >= 4 is 11.3 Å². The number of aryl methyl sites for hydroxylation is 1. The molecular formula is C17H29NS. The molecule has 1 aliphatic carbocycles. The van der Waals surface area contributed by atoms with Gasteiger partial charge in [-0.1, -0.05) is 33.6 Å². The Hall–Kier alpha value is -0.340. The van der Waals surface area contributed by atoms with Crippen LogP contribution in [0, 0.1) is 11.8 Å². The molecule has 0 aliphatic heterocycles. The molecule has 2 heteroatoms. The summed E-state index contributed by atoms with van der Waals surface area (Å²) >= 11 is 2.02. The van der Waals surface area contributed by atoms with E-state index in [-0.39, 0.29) is 0 Å². The molecule has 0 bridgehead atoms. The molecule has 0 amide bonds. The van der Waals surface area contributed by atoms with Gasteiger partial charge in [0.05, 0.1) is 0 Å². The fourth-order valence-electron chi connectivity index (χ4n) is 3.33. The van der Waals surface area contributed by atoms with E-state index in [2.05, 4.69) is 38.2 Å². The van der Waals surface area contributed by atoms with Gasteiger partial charge in [-0.05, 0) is 56.2 Å². The highest BCUT2D eigenvalue weighted by atomic mass is 32.1. The second kappa shape index (κ2) is 7.44. The SMILES string of the molecule is CCCNC(c1ccc(CC)s1)C1CCCC(C)C1. The molecule has 1 heterocycles. The zero-order chi connectivity index (χ0) is 13.7. The second-order valence-corrected chi connectivity index (χ2v) is 7.32. The summed E-state index contributed by atoms with van der Waals surface area (Å²) in [4.78, 5) is 3.10. The van der Waals surface area contributed by atoms with Gasteiger partial charge in [-0.25, -0.2) is 0 Å². The van der Waals surface area contributed by atoms with E-state index >= 15 is 0 Å². The van der Waals surface area contributed by atoms with Crippen LogP contribution >= 0.6 is 11.3 Å². The van der Waals surface area contributed by atoms with E-state index in [0.29, 0.717) is 6.04 Å². The number of thiophene rings is 1. The van der Waals surface area contributed by atoms with Crippen molar-refractivity contribution in [2.45, 2.75) is 65.3 Å². The number of hydrogen-bond acceptors (Lipinski definition) is 2. The van der Waals surface area contributed by atoms with Gasteiger partial charge < -0.3 is 5.32 Å². The first kappa shape index (κ1) is 15.1. The second-order valence-electron chi connectivity index (χ2n) is 6.12. The molecule has 2 rings (SSSR count). The van der Waals surface area contributed by atoms with E-state index < -0.39 is 0 Å². The van der Waals surface area contributed by atoms with E-state index in [1.165, 1.54) is 43.4 Å². The molecule has 19 heavy (non-hydrogen) atoms. The topological polar surface area (TPSA) is 12.0 Å². The Bertz CT molecular complexity index is 371. The highest BCUT2D eigenvalue weighted by Crippen LogP contribution is 2.39. The molecule has 108 valence electrons. The van der Waals surface area contributed by atoms with Crippen LogP contribution in [-0.2, 0) is 6.42 Å². The highest BCUT2D eigenvalue weighted by Gasteiger charge is 2.28. The maximum Gasteiger partial charge on any atom is 0.0443 e. The first-order valence-corrected chi connectivity index (χ1v) is 8.88. The molecule has 1 saturated carbocycles. The summed E-state index contributed by atoms with van der Waals surface area (Å²) in [6, 6.07) is 5.30. The molecule has 1 aromatic rings. The van der Waals surface area contributed by atoms with Crippen LogP contribution in [0.25, 0.3) is 0 Å². The summed E-state index contributed by atoms with van der Waals surface area (Å²) in [5.41, 5.74) is 0. The quantitative estimate of drug-likeness (QED) is 0.756. The Morgan fingerprint density at radius 2 is 2.16 bits per heavy atom. The summed E-state index contributed by atoms with van der Waals surface area (Å²) < 4.78 is 0. The van der Waals surface area contributed by atoms with Gasteiger partial charge in [-0.3, -0.25) is 0 Å². The third-order valence-corrected chi connectivity index (χ3v) is 5.71. The van der Waals surface area contributed by atoms with Crippen molar-refractivity contribution in [3.63, 3.8) is 0 Å². The normalized spacial score (nSPS) is 25.4. The van der Waals surface area contributed by atoms with E-state index in [1.54, 1.807) is 4.88 Å². The lowest BCUT2D eigenvalue weighted by atomic mass is 9.78. The number of rotatable bonds is 6. The van der Waals surface area contributed by atoms with Crippen LogP contribution in [0.3, 0.4) is 0 Å². The summed E-state index contributed by atoms with van der Waals surface area (Å²) in [6.07, 6.45) is 8.06. The van der Waals surface area contributed by atoms with Gasteiger partial charge in [0.15, 0.2) is 0 Å². The van der Waals surface area contributed by atoms with Gasteiger partial charge in [-0.2, -0.15) is 0 Å². The molecule has 1 fully saturated rings. The average molecular weight is 279 g/mol. The van der Waals surface area contributed by atoms with Gasteiger partial charge >= 0.3 is 0 Å². The minimum absolute atomic E-state index is 0.605. The number of hydrogen-bond donors (Lipinski definition) is 1. The fraction of sp³-hybridized carbons (Fsp3) is 0.765. The fourth-order valence-corrected chi connectivity index (χ4v) is 4.46. The molecule has 1 aromatic heterocycles. The van der Waals surface area contributed by atoms with Crippen molar-refractivity contribution in [2.24, 2.45) is 11.8 Å². The van der Waals surface area contributed by atoms with Gasteiger partial charge in [-0.15, -0.1) is 11.3 Å². The van der Waals surface area contributed by atoms with Crippen molar-refractivity contribution in [1.82, 2.24) is 5.32 Å². The minimum atomic E-state index is 0.605. The highest BCUT2D eigenvalue weighted by molar-refractivity contribution is 7.12.